The maximum atomic E-state index is 12.7. The largest absolute Gasteiger partial charge is 0.507 e. The fourth-order valence-corrected chi connectivity index (χ4v) is 2.93. The number of carbonyl (C=O) groups is 1. The van der Waals surface area contributed by atoms with E-state index in [0.717, 1.165) is 12.8 Å². The number of methoxy groups -OCH3 is 1. The lowest BCUT2D eigenvalue weighted by Gasteiger charge is -2.33. The minimum atomic E-state index is -0.101. The Morgan fingerprint density at radius 2 is 2.05 bits per heavy atom. The number of nitrogens with zero attached hydrogens (tertiary/aromatic N) is 1. The molecule has 0 atom stereocenters. The van der Waals surface area contributed by atoms with E-state index in [1.165, 1.54) is 25.3 Å². The molecule has 0 radical (unpaired) electrons. The summed E-state index contributed by atoms with van der Waals surface area (Å²) in [5, 5.41) is 9.94. The van der Waals surface area contributed by atoms with Crippen molar-refractivity contribution in [2.24, 2.45) is 0 Å². The topological polar surface area (TPSA) is 49.8 Å². The number of ether oxygens (including phenoxy) is 1. The Morgan fingerprint density at radius 3 is 2.65 bits per heavy atom. The van der Waals surface area contributed by atoms with Crippen LogP contribution in [0.3, 0.4) is 0 Å². The van der Waals surface area contributed by atoms with Crippen LogP contribution in [0.15, 0.2) is 18.2 Å². The lowest BCUT2D eigenvalue weighted by atomic mass is 9.93. The van der Waals surface area contributed by atoms with Crippen LogP contribution in [0.2, 0.25) is 0 Å². The third kappa shape index (κ3) is 3.06. The molecule has 0 saturated heterocycles. The highest BCUT2D eigenvalue weighted by Crippen LogP contribution is 2.28. The van der Waals surface area contributed by atoms with Gasteiger partial charge in [0, 0.05) is 12.6 Å². The zero-order valence-electron chi connectivity index (χ0n) is 12.3. The molecule has 2 rings (SSSR count). The van der Waals surface area contributed by atoms with Gasteiger partial charge in [0.25, 0.3) is 5.91 Å². The number of hydrogen-bond acceptors (Lipinski definition) is 3. The fraction of sp³-hybridized carbons (Fsp3) is 0.562. The molecule has 0 aromatic heterocycles. The minimum Gasteiger partial charge on any atom is -0.507 e. The second kappa shape index (κ2) is 6.64. The number of hydrogen-bond donors (Lipinski definition) is 1. The third-order valence-corrected chi connectivity index (χ3v) is 4.05. The van der Waals surface area contributed by atoms with Gasteiger partial charge in [-0.05, 0) is 38.0 Å². The highest BCUT2D eigenvalue weighted by molar-refractivity contribution is 5.97. The van der Waals surface area contributed by atoms with Crippen LogP contribution in [0, 0.1) is 0 Å². The number of phenolic OH excluding ortho intramolecular Hbond substituents is 1. The van der Waals surface area contributed by atoms with Crippen molar-refractivity contribution in [2.75, 3.05) is 13.7 Å². The van der Waals surface area contributed by atoms with Crippen LogP contribution in [-0.4, -0.2) is 35.6 Å². The Morgan fingerprint density at radius 1 is 1.35 bits per heavy atom. The molecule has 1 amide bonds. The lowest BCUT2D eigenvalue weighted by Crippen LogP contribution is -2.41. The summed E-state index contributed by atoms with van der Waals surface area (Å²) in [5.41, 5.74) is 0.330. The molecule has 0 bridgehead atoms. The fourth-order valence-electron chi connectivity index (χ4n) is 2.93. The van der Waals surface area contributed by atoms with Gasteiger partial charge in [-0.3, -0.25) is 4.79 Å². The summed E-state index contributed by atoms with van der Waals surface area (Å²) < 4.78 is 5.14. The van der Waals surface area contributed by atoms with E-state index in [2.05, 4.69) is 0 Å². The van der Waals surface area contributed by atoms with Crippen LogP contribution in [0.1, 0.15) is 49.4 Å². The molecule has 1 aromatic carbocycles. The molecule has 1 N–H and O–H groups in total. The number of carbonyl (C=O) groups excluding carboxylic acids is 1. The highest BCUT2D eigenvalue weighted by Gasteiger charge is 2.26. The first-order chi connectivity index (χ1) is 9.67. The summed E-state index contributed by atoms with van der Waals surface area (Å²) >= 11 is 0. The SMILES string of the molecule is CCN(C(=O)c1cc(OC)ccc1O)C1CCCCC1. The number of amides is 1. The molecular weight excluding hydrogens is 254 g/mol. The molecule has 110 valence electrons. The van der Waals surface area contributed by atoms with Gasteiger partial charge < -0.3 is 14.7 Å². The first kappa shape index (κ1) is 14.7. The van der Waals surface area contributed by atoms with Crippen molar-refractivity contribution < 1.29 is 14.6 Å². The molecule has 4 nitrogen and oxygen atoms in total. The van der Waals surface area contributed by atoms with Crippen LogP contribution in [-0.2, 0) is 0 Å². The van der Waals surface area contributed by atoms with Crippen molar-refractivity contribution in [3.05, 3.63) is 23.8 Å². The van der Waals surface area contributed by atoms with Crippen molar-refractivity contribution in [1.82, 2.24) is 4.90 Å². The van der Waals surface area contributed by atoms with Gasteiger partial charge in [-0.1, -0.05) is 19.3 Å². The second-order valence-electron chi connectivity index (χ2n) is 5.27. The average Bonchev–Trinajstić information content (AvgIpc) is 2.49. The monoisotopic (exact) mass is 277 g/mol. The van der Waals surface area contributed by atoms with E-state index >= 15 is 0 Å². The van der Waals surface area contributed by atoms with Crippen LogP contribution >= 0.6 is 0 Å². The van der Waals surface area contributed by atoms with E-state index in [9.17, 15) is 9.90 Å². The molecule has 1 fully saturated rings. The van der Waals surface area contributed by atoms with Gasteiger partial charge in [-0.2, -0.15) is 0 Å². The summed E-state index contributed by atoms with van der Waals surface area (Å²) in [7, 11) is 1.55. The second-order valence-corrected chi connectivity index (χ2v) is 5.27. The predicted molar refractivity (Wildman–Crippen MR) is 78.2 cm³/mol. The molecule has 1 aliphatic rings. The number of rotatable bonds is 4. The Balaban J connectivity index is 2.23. The Labute approximate surface area is 120 Å². The third-order valence-electron chi connectivity index (χ3n) is 4.05. The maximum Gasteiger partial charge on any atom is 0.257 e. The quantitative estimate of drug-likeness (QED) is 0.919. The van der Waals surface area contributed by atoms with E-state index in [1.54, 1.807) is 19.2 Å². The summed E-state index contributed by atoms with van der Waals surface area (Å²) in [6.45, 7) is 2.66. The van der Waals surface area contributed by atoms with E-state index in [0.29, 0.717) is 23.9 Å². The predicted octanol–water partition coefficient (Wildman–Crippen LogP) is 3.20. The van der Waals surface area contributed by atoms with E-state index in [-0.39, 0.29) is 11.7 Å². The van der Waals surface area contributed by atoms with E-state index in [4.69, 9.17) is 4.74 Å². The summed E-state index contributed by atoms with van der Waals surface area (Å²) in [6, 6.07) is 5.08. The van der Waals surface area contributed by atoms with Gasteiger partial charge in [-0.25, -0.2) is 0 Å². The lowest BCUT2D eigenvalue weighted by molar-refractivity contribution is 0.0644. The Kier molecular flexibility index (Phi) is 4.88. The number of benzene rings is 1. The molecule has 0 aliphatic heterocycles. The van der Waals surface area contributed by atoms with Crippen LogP contribution < -0.4 is 4.74 Å². The molecule has 0 unspecified atom stereocenters. The summed E-state index contributed by atoms with van der Waals surface area (Å²) in [4.78, 5) is 14.6. The first-order valence-corrected chi connectivity index (χ1v) is 7.35. The normalized spacial score (nSPS) is 15.9. The summed E-state index contributed by atoms with van der Waals surface area (Å²) in [5.74, 6) is 0.506. The van der Waals surface area contributed by atoms with Crippen LogP contribution in [0.5, 0.6) is 11.5 Å². The highest BCUT2D eigenvalue weighted by atomic mass is 16.5. The van der Waals surface area contributed by atoms with Gasteiger partial charge in [0.1, 0.15) is 11.5 Å². The summed E-state index contributed by atoms with van der Waals surface area (Å²) in [6.07, 6.45) is 5.73. The molecule has 1 aromatic rings. The number of phenols is 1. The maximum absolute atomic E-state index is 12.7. The smallest absolute Gasteiger partial charge is 0.257 e. The first-order valence-electron chi connectivity index (χ1n) is 7.35. The van der Waals surface area contributed by atoms with Crippen LogP contribution in [0.25, 0.3) is 0 Å². The van der Waals surface area contributed by atoms with Crippen molar-refractivity contribution >= 4 is 5.91 Å². The van der Waals surface area contributed by atoms with Gasteiger partial charge in [0.2, 0.25) is 0 Å². The average molecular weight is 277 g/mol. The van der Waals surface area contributed by atoms with Crippen molar-refractivity contribution in [3.63, 3.8) is 0 Å². The molecule has 1 aliphatic carbocycles. The van der Waals surface area contributed by atoms with Crippen LogP contribution in [0.4, 0.5) is 0 Å². The molecule has 4 heteroatoms. The van der Waals surface area contributed by atoms with Gasteiger partial charge in [-0.15, -0.1) is 0 Å². The molecule has 1 saturated carbocycles. The van der Waals surface area contributed by atoms with E-state index in [1.807, 2.05) is 11.8 Å². The molecular formula is C16H23NO3. The van der Waals surface area contributed by atoms with Crippen molar-refractivity contribution in [2.45, 2.75) is 45.1 Å². The molecule has 0 spiro atoms. The standard InChI is InChI=1S/C16H23NO3/c1-3-17(12-7-5-4-6-8-12)16(19)14-11-13(20-2)9-10-15(14)18/h9-12,18H,3-8H2,1-2H3. The van der Waals surface area contributed by atoms with Gasteiger partial charge in [0.15, 0.2) is 0 Å². The molecule has 20 heavy (non-hydrogen) atoms. The Bertz CT molecular complexity index is 467. The minimum absolute atomic E-state index is 0.0186. The zero-order chi connectivity index (χ0) is 14.5. The van der Waals surface area contributed by atoms with E-state index < -0.39 is 0 Å². The zero-order valence-corrected chi connectivity index (χ0v) is 12.3. The van der Waals surface area contributed by atoms with Gasteiger partial charge in [0.05, 0.1) is 12.7 Å². The molecule has 0 heterocycles. The number of aromatic hydroxyl groups is 1. The Hall–Kier alpha value is -1.71. The van der Waals surface area contributed by atoms with Gasteiger partial charge >= 0.3 is 0 Å². The van der Waals surface area contributed by atoms with Crippen molar-refractivity contribution in [3.8, 4) is 11.5 Å². The van der Waals surface area contributed by atoms with Crippen molar-refractivity contribution in [1.29, 1.82) is 0 Å².